The molecule has 1 saturated carbocycles. The highest BCUT2D eigenvalue weighted by atomic mass is 19.1. The molecule has 0 unspecified atom stereocenters. The van der Waals surface area contributed by atoms with Crippen LogP contribution in [0, 0.1) is 18.7 Å². The molecule has 18 heavy (non-hydrogen) atoms. The van der Waals surface area contributed by atoms with E-state index in [9.17, 15) is 9.18 Å². The fourth-order valence-electron chi connectivity index (χ4n) is 2.43. The summed E-state index contributed by atoms with van der Waals surface area (Å²) in [6.45, 7) is 3.75. The molecule has 0 atom stereocenters. The van der Waals surface area contributed by atoms with Gasteiger partial charge < -0.3 is 4.74 Å². The van der Waals surface area contributed by atoms with Gasteiger partial charge in [-0.05, 0) is 50.3 Å². The van der Waals surface area contributed by atoms with Crippen LogP contribution in [0.3, 0.4) is 0 Å². The summed E-state index contributed by atoms with van der Waals surface area (Å²) >= 11 is 0. The van der Waals surface area contributed by atoms with E-state index in [1.54, 1.807) is 13.0 Å². The van der Waals surface area contributed by atoms with Crippen molar-refractivity contribution in [2.75, 3.05) is 6.61 Å². The Bertz CT molecular complexity index is 448. The molecule has 1 aliphatic rings. The fraction of sp³-hybridized carbons (Fsp3) is 0.533. The predicted octanol–water partition coefficient (Wildman–Crippen LogP) is 3.91. The van der Waals surface area contributed by atoms with Gasteiger partial charge in [0.2, 0.25) is 0 Å². The first-order valence-electron chi connectivity index (χ1n) is 6.52. The van der Waals surface area contributed by atoms with E-state index >= 15 is 0 Å². The van der Waals surface area contributed by atoms with E-state index in [1.807, 2.05) is 0 Å². The van der Waals surface area contributed by atoms with Crippen molar-refractivity contribution >= 4 is 5.78 Å². The molecule has 0 bridgehead atoms. The lowest BCUT2D eigenvalue weighted by molar-refractivity contribution is 0.101. The van der Waals surface area contributed by atoms with Gasteiger partial charge in [-0.25, -0.2) is 4.39 Å². The number of halogens is 1. The minimum atomic E-state index is -0.353. The number of ketones is 1. The quantitative estimate of drug-likeness (QED) is 0.757. The van der Waals surface area contributed by atoms with E-state index in [4.69, 9.17) is 4.74 Å². The first-order chi connectivity index (χ1) is 8.58. The van der Waals surface area contributed by atoms with E-state index in [2.05, 4.69) is 0 Å². The maximum atomic E-state index is 13.5. The molecule has 0 aliphatic heterocycles. The maximum Gasteiger partial charge on any atom is 0.163 e. The summed E-state index contributed by atoms with van der Waals surface area (Å²) < 4.78 is 19.2. The highest BCUT2D eigenvalue weighted by Crippen LogP contribution is 2.28. The molecule has 1 aromatic carbocycles. The van der Waals surface area contributed by atoms with Gasteiger partial charge in [0.05, 0.1) is 12.2 Å². The topological polar surface area (TPSA) is 26.3 Å². The van der Waals surface area contributed by atoms with Crippen LogP contribution >= 0.6 is 0 Å². The smallest absolute Gasteiger partial charge is 0.163 e. The van der Waals surface area contributed by atoms with Gasteiger partial charge in [0.15, 0.2) is 5.78 Å². The van der Waals surface area contributed by atoms with Gasteiger partial charge in [0, 0.05) is 0 Å². The second kappa shape index (κ2) is 5.51. The highest BCUT2D eigenvalue weighted by molar-refractivity contribution is 5.96. The Kier molecular flexibility index (Phi) is 4.00. The normalized spacial score (nSPS) is 15.9. The number of ether oxygens (including phenoxy) is 1. The molecule has 1 aromatic rings. The lowest BCUT2D eigenvalue weighted by Crippen LogP contribution is -2.10. The van der Waals surface area contributed by atoms with Crippen molar-refractivity contribution in [3.8, 4) is 5.75 Å². The van der Waals surface area contributed by atoms with Crippen molar-refractivity contribution in [3.63, 3.8) is 0 Å². The van der Waals surface area contributed by atoms with Gasteiger partial charge in [-0.3, -0.25) is 4.79 Å². The van der Waals surface area contributed by atoms with Crippen molar-refractivity contribution in [2.24, 2.45) is 5.92 Å². The molecular formula is C15H19FO2. The molecule has 1 aliphatic carbocycles. The average Bonchev–Trinajstić information content (AvgIpc) is 2.83. The van der Waals surface area contributed by atoms with E-state index in [0.717, 1.165) is 0 Å². The van der Waals surface area contributed by atoms with Gasteiger partial charge in [0.1, 0.15) is 11.6 Å². The Balaban J connectivity index is 2.14. The molecular weight excluding hydrogens is 231 g/mol. The number of rotatable bonds is 4. The van der Waals surface area contributed by atoms with Crippen LogP contribution in [0.2, 0.25) is 0 Å². The summed E-state index contributed by atoms with van der Waals surface area (Å²) in [6, 6.07) is 2.91. The number of carbonyl (C=O) groups is 1. The van der Waals surface area contributed by atoms with Gasteiger partial charge >= 0.3 is 0 Å². The summed E-state index contributed by atoms with van der Waals surface area (Å²) in [6.07, 6.45) is 4.90. The maximum absolute atomic E-state index is 13.5. The number of hydrogen-bond acceptors (Lipinski definition) is 2. The molecule has 0 spiro atoms. The summed E-state index contributed by atoms with van der Waals surface area (Å²) in [5, 5.41) is 0. The van der Waals surface area contributed by atoms with Crippen molar-refractivity contribution in [3.05, 3.63) is 29.1 Å². The van der Waals surface area contributed by atoms with E-state index in [0.29, 0.717) is 29.4 Å². The Morgan fingerprint density at radius 2 is 2.06 bits per heavy atom. The van der Waals surface area contributed by atoms with E-state index in [1.165, 1.54) is 38.7 Å². The van der Waals surface area contributed by atoms with Crippen LogP contribution in [0.4, 0.5) is 4.39 Å². The minimum absolute atomic E-state index is 0.157. The van der Waals surface area contributed by atoms with Gasteiger partial charge in [-0.15, -0.1) is 0 Å². The predicted molar refractivity (Wildman–Crippen MR) is 68.6 cm³/mol. The third-order valence-electron chi connectivity index (χ3n) is 3.59. The van der Waals surface area contributed by atoms with Crippen LogP contribution < -0.4 is 4.74 Å². The standard InChI is InChI=1S/C15H19FO2/c1-10-7-15(13(11(2)17)8-14(10)16)18-9-12-5-3-4-6-12/h7-8,12H,3-6,9H2,1-2H3. The Labute approximate surface area is 107 Å². The third kappa shape index (κ3) is 2.89. The molecule has 0 N–H and O–H groups in total. The SMILES string of the molecule is CC(=O)c1cc(F)c(C)cc1OCC1CCCC1. The number of hydrogen-bond donors (Lipinski definition) is 0. The van der Waals surface area contributed by atoms with Gasteiger partial charge in [-0.2, -0.15) is 0 Å². The molecule has 2 rings (SSSR count). The van der Waals surface area contributed by atoms with Crippen molar-refractivity contribution < 1.29 is 13.9 Å². The average molecular weight is 250 g/mol. The fourth-order valence-corrected chi connectivity index (χ4v) is 2.43. The summed E-state index contributed by atoms with van der Waals surface area (Å²) in [7, 11) is 0. The summed E-state index contributed by atoms with van der Waals surface area (Å²) in [5.41, 5.74) is 0.859. The summed E-state index contributed by atoms with van der Waals surface area (Å²) in [5.74, 6) is 0.590. The molecule has 3 heteroatoms. The molecule has 1 fully saturated rings. The number of benzene rings is 1. The van der Waals surface area contributed by atoms with Crippen LogP contribution in [-0.4, -0.2) is 12.4 Å². The van der Waals surface area contributed by atoms with Crippen LogP contribution in [-0.2, 0) is 0 Å². The van der Waals surface area contributed by atoms with E-state index in [-0.39, 0.29) is 11.6 Å². The van der Waals surface area contributed by atoms with E-state index < -0.39 is 0 Å². The summed E-state index contributed by atoms with van der Waals surface area (Å²) in [4.78, 5) is 11.5. The van der Waals surface area contributed by atoms with Crippen molar-refractivity contribution in [2.45, 2.75) is 39.5 Å². The number of aryl methyl sites for hydroxylation is 1. The number of carbonyl (C=O) groups excluding carboxylic acids is 1. The zero-order valence-corrected chi connectivity index (χ0v) is 11.0. The van der Waals surface area contributed by atoms with Crippen LogP contribution in [0.5, 0.6) is 5.75 Å². The Morgan fingerprint density at radius 1 is 1.39 bits per heavy atom. The zero-order valence-electron chi connectivity index (χ0n) is 11.0. The molecule has 0 amide bonds. The monoisotopic (exact) mass is 250 g/mol. The molecule has 2 nitrogen and oxygen atoms in total. The van der Waals surface area contributed by atoms with Crippen molar-refractivity contribution in [1.82, 2.24) is 0 Å². The molecule has 0 radical (unpaired) electrons. The van der Waals surface area contributed by atoms with Crippen LogP contribution in [0.25, 0.3) is 0 Å². The van der Waals surface area contributed by atoms with Gasteiger partial charge in [-0.1, -0.05) is 12.8 Å². The first kappa shape index (κ1) is 13.1. The Hall–Kier alpha value is -1.38. The highest BCUT2D eigenvalue weighted by Gasteiger charge is 2.18. The largest absolute Gasteiger partial charge is 0.493 e. The second-order valence-corrected chi connectivity index (χ2v) is 5.12. The number of Topliss-reactive ketones (excluding diaryl/α,β-unsaturated/α-hetero) is 1. The lowest BCUT2D eigenvalue weighted by Gasteiger charge is -2.14. The van der Waals surface area contributed by atoms with Crippen LogP contribution in [0.1, 0.15) is 48.5 Å². The second-order valence-electron chi connectivity index (χ2n) is 5.12. The van der Waals surface area contributed by atoms with Crippen LogP contribution in [0.15, 0.2) is 12.1 Å². The third-order valence-corrected chi connectivity index (χ3v) is 3.59. The lowest BCUT2D eigenvalue weighted by atomic mass is 10.1. The molecule has 0 saturated heterocycles. The zero-order chi connectivity index (χ0) is 13.1. The van der Waals surface area contributed by atoms with Crippen molar-refractivity contribution in [1.29, 1.82) is 0 Å². The first-order valence-corrected chi connectivity index (χ1v) is 6.52. The molecule has 0 heterocycles. The molecule has 0 aromatic heterocycles. The van der Waals surface area contributed by atoms with Gasteiger partial charge in [0.25, 0.3) is 0 Å². The minimum Gasteiger partial charge on any atom is -0.493 e. The Morgan fingerprint density at radius 3 is 2.67 bits per heavy atom. The molecule has 98 valence electrons.